The highest BCUT2D eigenvalue weighted by atomic mass is 79.9. The Morgan fingerprint density at radius 3 is 2.92 bits per heavy atom. The van der Waals surface area contributed by atoms with Gasteiger partial charge >= 0.3 is 0 Å². The first kappa shape index (κ1) is 7.95. The Morgan fingerprint density at radius 2 is 2.17 bits per heavy atom. The van der Waals surface area contributed by atoms with Gasteiger partial charge in [0.25, 0.3) is 0 Å². The molecule has 0 aliphatic heterocycles. The molecule has 0 saturated carbocycles. The number of aromatic nitrogens is 2. The van der Waals surface area contributed by atoms with E-state index in [1.54, 1.807) is 0 Å². The predicted octanol–water partition coefficient (Wildman–Crippen LogP) is 3.05. The summed E-state index contributed by atoms with van der Waals surface area (Å²) in [4.78, 5) is 0. The Balaban J connectivity index is 2.94. The van der Waals surface area contributed by atoms with Crippen molar-refractivity contribution < 1.29 is 0 Å². The molecule has 0 bridgehead atoms. The van der Waals surface area contributed by atoms with Gasteiger partial charge in [0.2, 0.25) is 0 Å². The molecule has 2 aromatic rings. The summed E-state index contributed by atoms with van der Waals surface area (Å²) in [5.74, 6) is 0. The van der Waals surface area contributed by atoms with Crippen molar-refractivity contribution in [3.8, 4) is 0 Å². The van der Waals surface area contributed by atoms with Gasteiger partial charge in [-0.1, -0.05) is 23.7 Å². The van der Waals surface area contributed by atoms with Crippen LogP contribution in [-0.4, -0.2) is 10.2 Å². The number of hydrogen-bond acceptors (Lipinski definition) is 2. The molecule has 0 radical (unpaired) electrons. The van der Waals surface area contributed by atoms with Crippen molar-refractivity contribution in [3.63, 3.8) is 0 Å². The molecule has 1 aromatic heterocycles. The molecule has 0 fully saturated rings. The summed E-state index contributed by atoms with van der Waals surface area (Å²) in [6, 6.07) is 5.74. The van der Waals surface area contributed by atoms with Crippen LogP contribution in [0.4, 0.5) is 0 Å². The smallest absolute Gasteiger partial charge is 0.109 e. The largest absolute Gasteiger partial charge is 0.157 e. The molecule has 0 saturated heterocycles. The summed E-state index contributed by atoms with van der Waals surface area (Å²) in [5.41, 5.74) is 0.796. The molecular weight excluding hydrogens is 239 g/mol. The van der Waals surface area contributed by atoms with Crippen LogP contribution in [0.5, 0.6) is 0 Å². The SMILES string of the molecule is Clc1cnnc2c(Br)cccc12. The van der Waals surface area contributed by atoms with Gasteiger partial charge in [-0.05, 0) is 22.0 Å². The van der Waals surface area contributed by atoms with Crippen molar-refractivity contribution in [1.29, 1.82) is 0 Å². The molecule has 0 aliphatic rings. The summed E-state index contributed by atoms with van der Waals surface area (Å²) in [5, 5.41) is 9.27. The minimum absolute atomic E-state index is 0.626. The van der Waals surface area contributed by atoms with Crippen molar-refractivity contribution >= 4 is 38.4 Å². The highest BCUT2D eigenvalue weighted by Crippen LogP contribution is 2.25. The molecule has 0 unspecified atom stereocenters. The van der Waals surface area contributed by atoms with E-state index in [0.29, 0.717) is 5.02 Å². The second-order valence-electron chi connectivity index (χ2n) is 2.33. The van der Waals surface area contributed by atoms with Crippen LogP contribution >= 0.6 is 27.5 Å². The van der Waals surface area contributed by atoms with E-state index in [1.165, 1.54) is 6.20 Å². The van der Waals surface area contributed by atoms with E-state index in [-0.39, 0.29) is 0 Å². The standard InChI is InChI=1S/C8H4BrClN2/c9-6-3-1-2-5-7(10)4-11-12-8(5)6/h1-4H. The molecule has 2 rings (SSSR count). The Morgan fingerprint density at radius 1 is 1.33 bits per heavy atom. The lowest BCUT2D eigenvalue weighted by Crippen LogP contribution is -1.84. The van der Waals surface area contributed by atoms with Crippen molar-refractivity contribution in [2.75, 3.05) is 0 Å². The average Bonchev–Trinajstić information content (AvgIpc) is 2.07. The van der Waals surface area contributed by atoms with E-state index in [1.807, 2.05) is 18.2 Å². The first-order valence-electron chi connectivity index (χ1n) is 3.34. The highest BCUT2D eigenvalue weighted by molar-refractivity contribution is 9.10. The fourth-order valence-corrected chi connectivity index (χ4v) is 1.66. The second-order valence-corrected chi connectivity index (χ2v) is 3.59. The van der Waals surface area contributed by atoms with Crippen LogP contribution in [0.2, 0.25) is 5.02 Å². The normalized spacial score (nSPS) is 10.5. The van der Waals surface area contributed by atoms with Gasteiger partial charge < -0.3 is 0 Å². The Bertz CT molecular complexity index is 389. The highest BCUT2D eigenvalue weighted by Gasteiger charge is 2.02. The molecule has 0 amide bonds. The third-order valence-corrected chi connectivity index (χ3v) is 2.51. The molecule has 60 valence electrons. The van der Waals surface area contributed by atoms with Crippen molar-refractivity contribution in [2.45, 2.75) is 0 Å². The lowest BCUT2D eigenvalue weighted by molar-refractivity contribution is 1.07. The summed E-state index contributed by atoms with van der Waals surface area (Å²) in [6.07, 6.45) is 1.54. The van der Waals surface area contributed by atoms with Crippen LogP contribution in [0.3, 0.4) is 0 Å². The topological polar surface area (TPSA) is 25.8 Å². The Kier molecular flexibility index (Phi) is 1.98. The summed E-state index contributed by atoms with van der Waals surface area (Å²) in [6.45, 7) is 0. The van der Waals surface area contributed by atoms with Crippen molar-refractivity contribution in [1.82, 2.24) is 10.2 Å². The van der Waals surface area contributed by atoms with Gasteiger partial charge in [0.15, 0.2) is 0 Å². The summed E-state index contributed by atoms with van der Waals surface area (Å²) in [7, 11) is 0. The van der Waals surface area contributed by atoms with E-state index in [4.69, 9.17) is 11.6 Å². The number of benzene rings is 1. The second kappa shape index (κ2) is 2.99. The molecule has 1 heterocycles. The van der Waals surface area contributed by atoms with E-state index in [2.05, 4.69) is 26.1 Å². The van der Waals surface area contributed by atoms with Crippen LogP contribution in [-0.2, 0) is 0 Å². The van der Waals surface area contributed by atoms with E-state index in [0.717, 1.165) is 15.4 Å². The Labute approximate surface area is 82.7 Å². The lowest BCUT2D eigenvalue weighted by Gasteiger charge is -1.98. The molecule has 12 heavy (non-hydrogen) atoms. The number of rotatable bonds is 0. The van der Waals surface area contributed by atoms with Crippen LogP contribution in [0.15, 0.2) is 28.9 Å². The van der Waals surface area contributed by atoms with Gasteiger partial charge in [0.1, 0.15) is 5.52 Å². The third kappa shape index (κ3) is 1.19. The fourth-order valence-electron chi connectivity index (χ4n) is 1.02. The van der Waals surface area contributed by atoms with Crippen LogP contribution in [0.1, 0.15) is 0 Å². The quantitative estimate of drug-likeness (QED) is 0.711. The van der Waals surface area contributed by atoms with Crippen LogP contribution < -0.4 is 0 Å². The molecule has 0 atom stereocenters. The minimum atomic E-state index is 0.626. The summed E-state index contributed by atoms with van der Waals surface area (Å²) < 4.78 is 0.912. The van der Waals surface area contributed by atoms with Gasteiger partial charge in [-0.25, -0.2) is 0 Å². The lowest BCUT2D eigenvalue weighted by atomic mass is 10.2. The number of fused-ring (bicyclic) bond motifs is 1. The van der Waals surface area contributed by atoms with Gasteiger partial charge in [-0.15, -0.1) is 5.10 Å². The van der Waals surface area contributed by atoms with Gasteiger partial charge in [0.05, 0.1) is 11.2 Å². The number of halogens is 2. The van der Waals surface area contributed by atoms with Gasteiger partial charge in [0, 0.05) is 9.86 Å². The maximum Gasteiger partial charge on any atom is 0.109 e. The molecule has 1 aromatic carbocycles. The first-order chi connectivity index (χ1) is 5.79. The minimum Gasteiger partial charge on any atom is -0.157 e. The molecular formula is C8H4BrClN2. The maximum absolute atomic E-state index is 5.91. The zero-order chi connectivity index (χ0) is 8.55. The molecule has 4 heteroatoms. The van der Waals surface area contributed by atoms with Gasteiger partial charge in [-0.3, -0.25) is 0 Å². The predicted molar refractivity (Wildman–Crippen MR) is 52.2 cm³/mol. The fraction of sp³-hybridized carbons (Fsp3) is 0. The summed E-state index contributed by atoms with van der Waals surface area (Å²) >= 11 is 9.28. The third-order valence-electron chi connectivity index (χ3n) is 1.57. The Hall–Kier alpha value is -0.670. The van der Waals surface area contributed by atoms with E-state index < -0.39 is 0 Å². The number of nitrogens with zero attached hydrogens (tertiary/aromatic N) is 2. The van der Waals surface area contributed by atoms with Crippen molar-refractivity contribution in [2.24, 2.45) is 0 Å². The van der Waals surface area contributed by atoms with E-state index in [9.17, 15) is 0 Å². The molecule has 2 nitrogen and oxygen atoms in total. The van der Waals surface area contributed by atoms with E-state index >= 15 is 0 Å². The van der Waals surface area contributed by atoms with Crippen LogP contribution in [0.25, 0.3) is 10.9 Å². The van der Waals surface area contributed by atoms with Crippen LogP contribution in [0, 0.1) is 0 Å². The first-order valence-corrected chi connectivity index (χ1v) is 4.51. The maximum atomic E-state index is 5.91. The zero-order valence-electron chi connectivity index (χ0n) is 5.96. The number of hydrogen-bond donors (Lipinski definition) is 0. The average molecular weight is 243 g/mol. The molecule has 0 N–H and O–H groups in total. The molecule has 0 aliphatic carbocycles. The zero-order valence-corrected chi connectivity index (χ0v) is 8.30. The monoisotopic (exact) mass is 242 g/mol. The van der Waals surface area contributed by atoms with Crippen molar-refractivity contribution in [3.05, 3.63) is 33.9 Å². The van der Waals surface area contributed by atoms with Gasteiger partial charge in [-0.2, -0.15) is 5.10 Å². The molecule has 0 spiro atoms.